The van der Waals surface area contributed by atoms with Crippen molar-refractivity contribution in [1.82, 2.24) is 20.2 Å². The molecule has 0 spiro atoms. The Hall–Kier alpha value is -4.27. The molecule has 3 aromatic carbocycles. The number of halogens is 1. The van der Waals surface area contributed by atoms with Crippen LogP contribution in [0.3, 0.4) is 0 Å². The molecule has 4 aromatic rings. The van der Waals surface area contributed by atoms with Crippen LogP contribution in [0.25, 0.3) is 11.3 Å². The van der Waals surface area contributed by atoms with Crippen molar-refractivity contribution in [2.75, 3.05) is 32.6 Å². The molecule has 2 aliphatic heterocycles. The van der Waals surface area contributed by atoms with E-state index in [2.05, 4.69) is 15.6 Å². The van der Waals surface area contributed by atoms with Gasteiger partial charge in [-0.05, 0) is 68.4 Å². The summed E-state index contributed by atoms with van der Waals surface area (Å²) in [6.07, 6.45) is 3.91. The summed E-state index contributed by atoms with van der Waals surface area (Å²) < 4.78 is 5.64. The molecule has 9 heteroatoms. The van der Waals surface area contributed by atoms with E-state index in [-0.39, 0.29) is 5.91 Å². The number of carbonyl (C=O) groups is 1. The summed E-state index contributed by atoms with van der Waals surface area (Å²) in [5.41, 5.74) is 6.64. The van der Waals surface area contributed by atoms with Crippen molar-refractivity contribution in [2.24, 2.45) is 4.99 Å². The fraction of sp³-hybridized carbons (Fsp3) is 0.250. The first-order chi connectivity index (χ1) is 20.0. The van der Waals surface area contributed by atoms with Crippen molar-refractivity contribution in [1.29, 1.82) is 0 Å². The number of para-hydroxylation sites is 1. The van der Waals surface area contributed by atoms with Crippen molar-refractivity contribution >= 4 is 34.9 Å². The van der Waals surface area contributed by atoms with Crippen molar-refractivity contribution < 1.29 is 9.53 Å². The van der Waals surface area contributed by atoms with Crippen LogP contribution in [0.1, 0.15) is 39.9 Å². The van der Waals surface area contributed by atoms with E-state index in [9.17, 15) is 4.79 Å². The van der Waals surface area contributed by atoms with E-state index >= 15 is 0 Å². The van der Waals surface area contributed by atoms with Crippen molar-refractivity contribution in [3.05, 3.63) is 100 Å². The molecule has 1 saturated heterocycles. The van der Waals surface area contributed by atoms with Gasteiger partial charge in [-0.15, -0.1) is 0 Å². The average Bonchev–Trinajstić information content (AvgIpc) is 3.17. The maximum Gasteiger partial charge on any atom is 0.253 e. The number of benzene rings is 3. The number of likely N-dealkylation sites (N-methyl/N-ethyl adjacent to an activating group) is 1. The third-order valence-electron chi connectivity index (χ3n) is 7.63. The van der Waals surface area contributed by atoms with Crippen LogP contribution >= 0.6 is 11.6 Å². The molecule has 0 saturated carbocycles. The second kappa shape index (κ2) is 11.7. The van der Waals surface area contributed by atoms with Crippen LogP contribution in [0.5, 0.6) is 5.75 Å². The molecule has 0 bridgehead atoms. The first-order valence-corrected chi connectivity index (χ1v) is 14.1. The van der Waals surface area contributed by atoms with E-state index < -0.39 is 0 Å². The van der Waals surface area contributed by atoms with E-state index in [1.165, 1.54) is 0 Å². The van der Waals surface area contributed by atoms with Gasteiger partial charge in [-0.3, -0.25) is 9.79 Å². The Bertz CT molecular complexity index is 1620. The maximum absolute atomic E-state index is 13.1. The van der Waals surface area contributed by atoms with E-state index in [4.69, 9.17) is 26.3 Å². The number of likely N-dealkylation sites (tertiary alicyclic amines) is 1. The van der Waals surface area contributed by atoms with Gasteiger partial charge in [0.15, 0.2) is 0 Å². The molecule has 1 aromatic heterocycles. The van der Waals surface area contributed by atoms with Gasteiger partial charge in [0.25, 0.3) is 5.91 Å². The lowest BCUT2D eigenvalue weighted by Crippen LogP contribution is -2.46. The van der Waals surface area contributed by atoms with Gasteiger partial charge in [0.1, 0.15) is 5.75 Å². The predicted molar refractivity (Wildman–Crippen MR) is 163 cm³/mol. The van der Waals surface area contributed by atoms with Crippen molar-refractivity contribution in [2.45, 2.75) is 25.4 Å². The van der Waals surface area contributed by atoms with Crippen LogP contribution in [0.4, 0.5) is 11.6 Å². The summed E-state index contributed by atoms with van der Waals surface area (Å²) in [7, 11) is 3.60. The number of methoxy groups -OCH3 is 1. The van der Waals surface area contributed by atoms with Crippen LogP contribution in [-0.2, 0) is 6.54 Å². The zero-order valence-corrected chi connectivity index (χ0v) is 23.8. The number of nitrogens with one attached hydrogen (secondary N) is 2. The minimum Gasteiger partial charge on any atom is -0.496 e. The number of hydrogen-bond acceptors (Lipinski definition) is 7. The minimum absolute atomic E-state index is 0.0545. The van der Waals surface area contributed by atoms with Crippen LogP contribution < -0.4 is 15.4 Å². The van der Waals surface area contributed by atoms with Crippen LogP contribution in [0.15, 0.2) is 77.9 Å². The number of anilines is 2. The lowest BCUT2D eigenvalue weighted by atomic mass is 9.95. The minimum atomic E-state index is 0.0545. The summed E-state index contributed by atoms with van der Waals surface area (Å²) in [4.78, 5) is 29.4. The Morgan fingerprint density at radius 1 is 1.05 bits per heavy atom. The van der Waals surface area contributed by atoms with Gasteiger partial charge in [0.2, 0.25) is 5.95 Å². The van der Waals surface area contributed by atoms with Crippen molar-refractivity contribution in [3.63, 3.8) is 0 Å². The molecule has 41 heavy (non-hydrogen) atoms. The molecule has 6 rings (SSSR count). The topological polar surface area (TPSA) is 91.7 Å². The molecule has 8 nitrogen and oxygen atoms in total. The zero-order chi connectivity index (χ0) is 28.3. The highest BCUT2D eigenvalue weighted by atomic mass is 35.5. The predicted octanol–water partition coefficient (Wildman–Crippen LogP) is 5.72. The number of fused-ring (bicyclic) bond motifs is 3. The SMILES string of the molecule is CNC1CCCN(C(=O)c2ccc(Nc3ncc4c(n3)-c3ccc(Cl)cc3C(c3ccccc3OC)=NC4)cc2)C1. The summed E-state index contributed by atoms with van der Waals surface area (Å²) >= 11 is 6.46. The molecule has 2 aliphatic rings. The summed E-state index contributed by atoms with van der Waals surface area (Å²) in [5, 5.41) is 7.20. The molecule has 0 radical (unpaired) electrons. The van der Waals surface area contributed by atoms with E-state index in [0.29, 0.717) is 29.1 Å². The standard InChI is InChI=1S/C32H31ClN6O2/c1-34-24-6-5-15-39(19-24)31(40)20-9-12-23(13-10-20)37-32-36-18-21-17-35-30(26-7-3-4-8-28(26)41-2)27-16-22(33)11-14-25(27)29(21)38-32/h3-4,7-14,16,18,24,34H,5-6,15,17,19H2,1-2H3,(H,36,37,38). The molecule has 1 unspecified atom stereocenters. The van der Waals surface area contributed by atoms with E-state index in [1.807, 2.05) is 84.9 Å². The first-order valence-electron chi connectivity index (χ1n) is 13.7. The maximum atomic E-state index is 13.1. The zero-order valence-electron chi connectivity index (χ0n) is 23.0. The molecule has 208 valence electrons. The smallest absolute Gasteiger partial charge is 0.253 e. The highest BCUT2D eigenvalue weighted by molar-refractivity contribution is 6.31. The van der Waals surface area contributed by atoms with E-state index in [0.717, 1.165) is 71.0 Å². The van der Waals surface area contributed by atoms with Crippen LogP contribution in [0, 0.1) is 0 Å². The van der Waals surface area contributed by atoms with Gasteiger partial charge in [-0.25, -0.2) is 9.97 Å². The lowest BCUT2D eigenvalue weighted by Gasteiger charge is -2.32. The molecule has 1 amide bonds. The number of ether oxygens (including phenoxy) is 1. The highest BCUT2D eigenvalue weighted by Gasteiger charge is 2.25. The molecule has 1 atom stereocenters. The summed E-state index contributed by atoms with van der Waals surface area (Å²) in [6, 6.07) is 21.4. The lowest BCUT2D eigenvalue weighted by molar-refractivity contribution is 0.0698. The quantitative estimate of drug-likeness (QED) is 0.310. The fourth-order valence-corrected chi connectivity index (χ4v) is 5.63. The normalized spacial score (nSPS) is 16.2. The highest BCUT2D eigenvalue weighted by Crippen LogP contribution is 2.35. The Morgan fingerprint density at radius 2 is 1.88 bits per heavy atom. The van der Waals surface area contributed by atoms with Crippen molar-refractivity contribution in [3.8, 4) is 17.0 Å². The number of rotatable bonds is 6. The third kappa shape index (κ3) is 5.53. The number of hydrogen-bond donors (Lipinski definition) is 2. The number of aromatic nitrogens is 2. The molecular formula is C32H31ClN6O2. The molecule has 1 fully saturated rings. The van der Waals surface area contributed by atoms with Gasteiger partial charge in [-0.1, -0.05) is 29.8 Å². The Labute approximate surface area is 244 Å². The third-order valence-corrected chi connectivity index (χ3v) is 7.87. The number of amides is 1. The van der Waals surface area contributed by atoms with Gasteiger partial charge >= 0.3 is 0 Å². The summed E-state index contributed by atoms with van der Waals surface area (Å²) in [6.45, 7) is 1.93. The van der Waals surface area contributed by atoms with Gasteiger partial charge in [-0.2, -0.15) is 0 Å². The number of carbonyl (C=O) groups excluding carboxylic acids is 1. The Morgan fingerprint density at radius 3 is 2.68 bits per heavy atom. The van der Waals surface area contributed by atoms with Gasteiger partial charge in [0, 0.05) is 63.9 Å². The van der Waals surface area contributed by atoms with E-state index in [1.54, 1.807) is 7.11 Å². The summed E-state index contributed by atoms with van der Waals surface area (Å²) in [5.74, 6) is 1.25. The second-order valence-corrected chi connectivity index (χ2v) is 10.6. The van der Waals surface area contributed by atoms with Crippen LogP contribution in [0.2, 0.25) is 5.02 Å². The fourth-order valence-electron chi connectivity index (χ4n) is 5.46. The molecule has 3 heterocycles. The molecular weight excluding hydrogens is 536 g/mol. The average molecular weight is 567 g/mol. The largest absolute Gasteiger partial charge is 0.496 e. The van der Waals surface area contributed by atoms with Crippen LogP contribution in [-0.4, -0.2) is 59.8 Å². The first kappa shape index (κ1) is 26.9. The number of nitrogens with zero attached hydrogens (tertiary/aromatic N) is 4. The van der Waals surface area contributed by atoms with Gasteiger partial charge < -0.3 is 20.3 Å². The number of aliphatic imine (C=N–C) groups is 1. The Balaban J connectivity index is 1.27. The number of piperidine rings is 1. The Kier molecular flexibility index (Phi) is 7.67. The molecule has 2 N–H and O–H groups in total. The monoisotopic (exact) mass is 566 g/mol. The second-order valence-electron chi connectivity index (χ2n) is 10.2. The van der Waals surface area contributed by atoms with Gasteiger partial charge in [0.05, 0.1) is 25.1 Å². The molecule has 0 aliphatic carbocycles.